The van der Waals surface area contributed by atoms with Crippen LogP contribution in [-0.2, 0) is 19.1 Å². The van der Waals surface area contributed by atoms with Gasteiger partial charge < -0.3 is 14.9 Å². The number of esters is 1. The number of aliphatic hydroxyl groups is 2. The molecule has 0 bridgehead atoms. The van der Waals surface area contributed by atoms with E-state index in [4.69, 9.17) is 23.2 Å². The summed E-state index contributed by atoms with van der Waals surface area (Å²) in [6, 6.07) is 3.88. The van der Waals surface area contributed by atoms with Gasteiger partial charge in [0.25, 0.3) is 11.6 Å². The standard InChI is InChI=1S/C14H11Cl2NO6/c1-6(18)10-11(19)12(20)17(14(10,22)13(21)23-2)9-4-3-7(15)5-8(9)16/h3-5,19,22H,1-2H3. The SMILES string of the molecule is COC(=O)C1(O)C(C(C)=O)=C(O)C(=O)N1c1ccc(Cl)cc1Cl. The molecule has 0 saturated carbocycles. The third-order valence-corrected chi connectivity index (χ3v) is 3.83. The Hall–Kier alpha value is -2.09. The fourth-order valence-corrected chi connectivity index (χ4v) is 2.82. The van der Waals surface area contributed by atoms with Gasteiger partial charge in [-0.3, -0.25) is 14.5 Å². The Kier molecular flexibility index (Phi) is 4.39. The number of anilines is 1. The molecule has 2 rings (SSSR count). The summed E-state index contributed by atoms with van der Waals surface area (Å²) in [4.78, 5) is 36.6. The topological polar surface area (TPSA) is 104 Å². The molecule has 0 spiro atoms. The second-order valence-electron chi connectivity index (χ2n) is 4.68. The normalized spacial score (nSPS) is 20.9. The number of hydrogen-bond donors (Lipinski definition) is 2. The first kappa shape index (κ1) is 17.3. The lowest BCUT2D eigenvalue weighted by atomic mass is 10.00. The molecule has 1 heterocycles. The number of halogens is 2. The molecule has 2 N–H and O–H groups in total. The van der Waals surface area contributed by atoms with E-state index in [2.05, 4.69) is 4.74 Å². The maximum Gasteiger partial charge on any atom is 0.365 e. The first-order valence-corrected chi connectivity index (χ1v) is 6.96. The molecule has 0 radical (unpaired) electrons. The second-order valence-corrected chi connectivity index (χ2v) is 5.52. The van der Waals surface area contributed by atoms with Gasteiger partial charge in [0.15, 0.2) is 11.5 Å². The summed E-state index contributed by atoms with van der Waals surface area (Å²) in [6.45, 7) is 0.986. The fraction of sp³-hybridized carbons (Fsp3) is 0.214. The maximum absolute atomic E-state index is 12.3. The fourth-order valence-electron chi connectivity index (χ4n) is 2.33. The van der Waals surface area contributed by atoms with Crippen LogP contribution in [-0.4, -0.2) is 40.7 Å². The van der Waals surface area contributed by atoms with Crippen molar-refractivity contribution in [2.75, 3.05) is 12.0 Å². The van der Waals surface area contributed by atoms with Crippen molar-refractivity contribution < 1.29 is 29.3 Å². The zero-order chi connectivity index (χ0) is 17.5. The van der Waals surface area contributed by atoms with Gasteiger partial charge in [0.05, 0.1) is 17.8 Å². The number of ether oxygens (including phenoxy) is 1. The van der Waals surface area contributed by atoms with Crippen LogP contribution in [0.25, 0.3) is 0 Å². The Morgan fingerprint density at radius 1 is 1.30 bits per heavy atom. The molecule has 7 nitrogen and oxygen atoms in total. The molecule has 1 aliphatic heterocycles. The van der Waals surface area contributed by atoms with Crippen LogP contribution in [0.15, 0.2) is 29.5 Å². The minimum absolute atomic E-state index is 0.0780. The molecule has 1 aliphatic rings. The van der Waals surface area contributed by atoms with Crippen LogP contribution in [0.3, 0.4) is 0 Å². The van der Waals surface area contributed by atoms with Crippen molar-refractivity contribution in [1.29, 1.82) is 0 Å². The van der Waals surface area contributed by atoms with Crippen molar-refractivity contribution in [2.24, 2.45) is 0 Å². The Bertz CT molecular complexity index is 760. The molecule has 1 atom stereocenters. The van der Waals surface area contributed by atoms with E-state index in [1.54, 1.807) is 0 Å². The van der Waals surface area contributed by atoms with Crippen LogP contribution >= 0.6 is 23.2 Å². The summed E-state index contributed by atoms with van der Waals surface area (Å²) in [5, 5.41) is 20.8. The Morgan fingerprint density at radius 3 is 2.39 bits per heavy atom. The molecular formula is C14H11Cl2NO6. The molecular weight excluding hydrogens is 349 g/mol. The van der Waals surface area contributed by atoms with Gasteiger partial charge in [0, 0.05) is 5.02 Å². The van der Waals surface area contributed by atoms with E-state index >= 15 is 0 Å². The number of carbonyl (C=O) groups excluding carboxylic acids is 3. The Balaban J connectivity index is 2.75. The van der Waals surface area contributed by atoms with E-state index in [1.807, 2.05) is 0 Å². The number of hydrogen-bond acceptors (Lipinski definition) is 6. The molecule has 0 aliphatic carbocycles. The van der Waals surface area contributed by atoms with E-state index in [0.29, 0.717) is 4.90 Å². The van der Waals surface area contributed by atoms with Gasteiger partial charge in [-0.25, -0.2) is 4.79 Å². The highest BCUT2D eigenvalue weighted by molar-refractivity contribution is 6.37. The minimum atomic E-state index is -2.83. The third kappa shape index (κ3) is 2.46. The number of rotatable bonds is 3. The lowest BCUT2D eigenvalue weighted by Gasteiger charge is -2.32. The molecule has 1 amide bonds. The van der Waals surface area contributed by atoms with Crippen LogP contribution < -0.4 is 4.90 Å². The molecule has 1 unspecified atom stereocenters. The number of benzene rings is 1. The van der Waals surface area contributed by atoms with Crippen molar-refractivity contribution in [1.82, 2.24) is 0 Å². The van der Waals surface area contributed by atoms with E-state index in [9.17, 15) is 24.6 Å². The lowest BCUT2D eigenvalue weighted by Crippen LogP contribution is -2.56. The number of carbonyl (C=O) groups is 3. The molecule has 23 heavy (non-hydrogen) atoms. The van der Waals surface area contributed by atoms with Gasteiger partial charge >= 0.3 is 5.97 Å². The van der Waals surface area contributed by atoms with Crippen molar-refractivity contribution in [3.63, 3.8) is 0 Å². The second kappa shape index (κ2) is 5.84. The highest BCUT2D eigenvalue weighted by Crippen LogP contribution is 2.41. The Labute approximate surface area is 140 Å². The first-order chi connectivity index (χ1) is 10.7. The number of nitrogens with zero attached hydrogens (tertiary/aromatic N) is 1. The number of methoxy groups -OCH3 is 1. The van der Waals surface area contributed by atoms with Gasteiger partial charge in [-0.1, -0.05) is 23.2 Å². The van der Waals surface area contributed by atoms with Crippen molar-refractivity contribution in [3.05, 3.63) is 39.6 Å². The molecule has 122 valence electrons. The average Bonchev–Trinajstić information content (AvgIpc) is 2.67. The van der Waals surface area contributed by atoms with E-state index in [-0.39, 0.29) is 15.7 Å². The summed E-state index contributed by atoms with van der Waals surface area (Å²) in [5.41, 5.74) is -3.75. The number of ketones is 1. The van der Waals surface area contributed by atoms with Gasteiger partial charge in [-0.05, 0) is 25.1 Å². The highest BCUT2D eigenvalue weighted by Gasteiger charge is 2.60. The van der Waals surface area contributed by atoms with Gasteiger partial charge in [-0.15, -0.1) is 0 Å². The number of amides is 1. The van der Waals surface area contributed by atoms with E-state index in [0.717, 1.165) is 14.0 Å². The zero-order valence-electron chi connectivity index (χ0n) is 12.0. The van der Waals surface area contributed by atoms with Crippen LogP contribution in [0, 0.1) is 0 Å². The number of Topliss-reactive ketones (excluding diaryl/α,β-unsaturated/α-hetero) is 1. The smallest absolute Gasteiger partial charge is 0.365 e. The average molecular weight is 360 g/mol. The zero-order valence-corrected chi connectivity index (χ0v) is 13.5. The van der Waals surface area contributed by atoms with E-state index < -0.39 is 34.7 Å². The van der Waals surface area contributed by atoms with Gasteiger partial charge in [0.2, 0.25) is 0 Å². The monoisotopic (exact) mass is 359 g/mol. The summed E-state index contributed by atoms with van der Waals surface area (Å²) >= 11 is 11.8. The summed E-state index contributed by atoms with van der Waals surface area (Å²) in [5.74, 6) is -4.44. The third-order valence-electron chi connectivity index (χ3n) is 3.29. The Morgan fingerprint density at radius 2 is 1.91 bits per heavy atom. The molecule has 0 fully saturated rings. The minimum Gasteiger partial charge on any atom is -0.503 e. The predicted molar refractivity (Wildman–Crippen MR) is 81.2 cm³/mol. The largest absolute Gasteiger partial charge is 0.503 e. The van der Waals surface area contributed by atoms with Crippen LogP contribution in [0.5, 0.6) is 0 Å². The van der Waals surface area contributed by atoms with Crippen LogP contribution in [0.1, 0.15) is 6.92 Å². The van der Waals surface area contributed by atoms with Crippen molar-refractivity contribution in [2.45, 2.75) is 12.6 Å². The molecule has 0 aromatic heterocycles. The quantitative estimate of drug-likeness (QED) is 0.794. The molecule has 9 heteroatoms. The van der Waals surface area contributed by atoms with Crippen LogP contribution in [0.4, 0.5) is 5.69 Å². The summed E-state index contributed by atoms with van der Waals surface area (Å²) < 4.78 is 4.48. The number of aliphatic hydroxyl groups excluding tert-OH is 1. The molecule has 1 aromatic rings. The van der Waals surface area contributed by atoms with E-state index in [1.165, 1.54) is 18.2 Å². The van der Waals surface area contributed by atoms with Gasteiger partial charge in [0.1, 0.15) is 5.57 Å². The summed E-state index contributed by atoms with van der Waals surface area (Å²) in [7, 11) is 0.958. The lowest BCUT2D eigenvalue weighted by molar-refractivity contribution is -0.159. The van der Waals surface area contributed by atoms with Crippen LogP contribution in [0.2, 0.25) is 10.0 Å². The highest BCUT2D eigenvalue weighted by atomic mass is 35.5. The van der Waals surface area contributed by atoms with Gasteiger partial charge in [-0.2, -0.15) is 0 Å². The molecule has 1 aromatic carbocycles. The molecule has 0 saturated heterocycles. The van der Waals surface area contributed by atoms with Crippen molar-refractivity contribution >= 4 is 46.5 Å². The summed E-state index contributed by atoms with van der Waals surface area (Å²) in [6.07, 6.45) is 0. The van der Waals surface area contributed by atoms with Crippen molar-refractivity contribution in [3.8, 4) is 0 Å². The maximum atomic E-state index is 12.3. The predicted octanol–water partition coefficient (Wildman–Crippen LogP) is 1.60. The first-order valence-electron chi connectivity index (χ1n) is 6.21.